The van der Waals surface area contributed by atoms with Crippen LogP contribution in [0.25, 0.3) is 0 Å². The summed E-state index contributed by atoms with van der Waals surface area (Å²) in [6.45, 7) is 0.810. The Morgan fingerprint density at radius 1 is 1.19 bits per heavy atom. The molecule has 0 aliphatic rings. The van der Waals surface area contributed by atoms with Gasteiger partial charge in [0.05, 0.1) is 18.7 Å². The molecule has 0 aliphatic carbocycles. The highest BCUT2D eigenvalue weighted by atomic mass is 79.9. The van der Waals surface area contributed by atoms with Crippen molar-refractivity contribution in [2.24, 2.45) is 0 Å². The molecule has 0 fully saturated rings. The zero-order chi connectivity index (χ0) is 15.1. The van der Waals surface area contributed by atoms with Crippen molar-refractivity contribution in [3.05, 3.63) is 58.6 Å². The summed E-state index contributed by atoms with van der Waals surface area (Å²) < 4.78 is 6.48. The Labute approximate surface area is 132 Å². The summed E-state index contributed by atoms with van der Waals surface area (Å²) in [5, 5.41) is 2.86. The van der Waals surface area contributed by atoms with Gasteiger partial charge in [-0.05, 0) is 29.8 Å². The molecule has 2 rings (SSSR count). The number of carbonyl (C=O) groups is 1. The van der Waals surface area contributed by atoms with Gasteiger partial charge in [-0.3, -0.25) is 4.79 Å². The Bertz CT molecular complexity index is 617. The topological polar surface area (TPSA) is 64.3 Å². The van der Waals surface area contributed by atoms with E-state index in [9.17, 15) is 4.79 Å². The minimum atomic E-state index is -0.0514. The van der Waals surface area contributed by atoms with E-state index in [0.29, 0.717) is 31.0 Å². The van der Waals surface area contributed by atoms with E-state index in [0.717, 1.165) is 10.0 Å². The van der Waals surface area contributed by atoms with Crippen LogP contribution in [0.2, 0.25) is 0 Å². The Hall–Kier alpha value is -2.01. The van der Waals surface area contributed by atoms with Crippen LogP contribution in [-0.2, 0) is 11.3 Å². The molecule has 0 saturated carbocycles. The average molecular weight is 349 g/mol. The number of anilines is 1. The van der Waals surface area contributed by atoms with Gasteiger partial charge < -0.3 is 15.8 Å². The molecule has 21 heavy (non-hydrogen) atoms. The largest absolute Gasteiger partial charge is 0.491 e. The van der Waals surface area contributed by atoms with Crippen molar-refractivity contribution >= 4 is 27.5 Å². The number of ether oxygens (including phenoxy) is 1. The number of amides is 1. The molecular weight excluding hydrogens is 332 g/mol. The predicted molar refractivity (Wildman–Crippen MR) is 87.0 cm³/mol. The van der Waals surface area contributed by atoms with E-state index < -0.39 is 0 Å². The molecule has 0 heterocycles. The lowest BCUT2D eigenvalue weighted by Crippen LogP contribution is -2.24. The molecule has 0 radical (unpaired) electrons. The maximum absolute atomic E-state index is 11.7. The monoisotopic (exact) mass is 348 g/mol. The zero-order valence-electron chi connectivity index (χ0n) is 11.5. The summed E-state index contributed by atoms with van der Waals surface area (Å²) in [5.74, 6) is 0.557. The van der Waals surface area contributed by atoms with E-state index in [1.807, 2.05) is 36.4 Å². The number of para-hydroxylation sites is 2. The SMILES string of the molecule is Nc1ccccc1OCCC(=O)NCc1cccc(Br)c1. The molecule has 0 atom stereocenters. The molecule has 4 nitrogen and oxygen atoms in total. The number of carbonyl (C=O) groups excluding carboxylic acids is 1. The fraction of sp³-hybridized carbons (Fsp3) is 0.188. The fourth-order valence-electron chi connectivity index (χ4n) is 1.80. The first-order valence-electron chi connectivity index (χ1n) is 6.63. The van der Waals surface area contributed by atoms with Crippen LogP contribution in [0.4, 0.5) is 5.69 Å². The van der Waals surface area contributed by atoms with Gasteiger partial charge in [-0.2, -0.15) is 0 Å². The quantitative estimate of drug-likeness (QED) is 0.788. The van der Waals surface area contributed by atoms with Crippen molar-refractivity contribution in [2.45, 2.75) is 13.0 Å². The van der Waals surface area contributed by atoms with Crippen LogP contribution < -0.4 is 15.8 Å². The number of rotatable bonds is 6. The molecule has 1 amide bonds. The third-order valence-corrected chi connectivity index (χ3v) is 3.38. The smallest absolute Gasteiger partial charge is 0.223 e. The second kappa shape index (κ2) is 7.69. The van der Waals surface area contributed by atoms with E-state index in [4.69, 9.17) is 10.5 Å². The molecule has 2 aromatic rings. The lowest BCUT2D eigenvalue weighted by atomic mass is 10.2. The first kappa shape index (κ1) is 15.4. The number of hydrogen-bond acceptors (Lipinski definition) is 3. The van der Waals surface area contributed by atoms with Gasteiger partial charge in [-0.1, -0.05) is 40.2 Å². The highest BCUT2D eigenvalue weighted by Crippen LogP contribution is 2.19. The molecule has 0 aromatic heterocycles. The Morgan fingerprint density at radius 3 is 2.76 bits per heavy atom. The van der Waals surface area contributed by atoms with Gasteiger partial charge >= 0.3 is 0 Å². The zero-order valence-corrected chi connectivity index (χ0v) is 13.1. The van der Waals surface area contributed by atoms with Crippen molar-refractivity contribution in [3.8, 4) is 5.75 Å². The first-order valence-corrected chi connectivity index (χ1v) is 7.43. The van der Waals surface area contributed by atoms with E-state index in [-0.39, 0.29) is 5.91 Å². The number of nitrogens with one attached hydrogen (secondary N) is 1. The molecule has 0 aliphatic heterocycles. The third kappa shape index (κ3) is 5.11. The molecule has 0 unspecified atom stereocenters. The van der Waals surface area contributed by atoms with E-state index in [1.54, 1.807) is 12.1 Å². The van der Waals surface area contributed by atoms with E-state index in [1.165, 1.54) is 0 Å². The van der Waals surface area contributed by atoms with Crippen molar-refractivity contribution in [1.82, 2.24) is 5.32 Å². The van der Waals surface area contributed by atoms with Gasteiger partial charge in [-0.15, -0.1) is 0 Å². The molecular formula is C16H17BrN2O2. The summed E-state index contributed by atoms with van der Waals surface area (Å²) in [4.78, 5) is 11.7. The summed E-state index contributed by atoms with van der Waals surface area (Å²) in [7, 11) is 0. The van der Waals surface area contributed by atoms with E-state index in [2.05, 4.69) is 21.2 Å². The van der Waals surface area contributed by atoms with Gasteiger partial charge in [0.15, 0.2) is 0 Å². The Balaban J connectivity index is 1.72. The minimum Gasteiger partial charge on any atom is -0.491 e. The normalized spacial score (nSPS) is 10.1. The number of nitrogen functional groups attached to an aromatic ring is 1. The van der Waals surface area contributed by atoms with Gasteiger partial charge in [0.25, 0.3) is 0 Å². The van der Waals surface area contributed by atoms with E-state index >= 15 is 0 Å². The Kier molecular flexibility index (Phi) is 5.63. The summed E-state index contributed by atoms with van der Waals surface area (Å²) in [6.07, 6.45) is 0.294. The van der Waals surface area contributed by atoms with Crippen LogP contribution >= 0.6 is 15.9 Å². The number of hydrogen-bond donors (Lipinski definition) is 2. The average Bonchev–Trinajstić information content (AvgIpc) is 2.47. The lowest BCUT2D eigenvalue weighted by Gasteiger charge is -2.09. The van der Waals surface area contributed by atoms with Crippen molar-refractivity contribution < 1.29 is 9.53 Å². The fourth-order valence-corrected chi connectivity index (χ4v) is 2.25. The summed E-state index contributed by atoms with van der Waals surface area (Å²) in [6, 6.07) is 15.1. The van der Waals surface area contributed by atoms with Gasteiger partial charge in [0, 0.05) is 11.0 Å². The molecule has 5 heteroatoms. The molecule has 0 saturated heterocycles. The highest BCUT2D eigenvalue weighted by Gasteiger charge is 2.04. The van der Waals surface area contributed by atoms with Crippen LogP contribution in [0, 0.1) is 0 Å². The van der Waals surface area contributed by atoms with Crippen molar-refractivity contribution in [2.75, 3.05) is 12.3 Å². The molecule has 0 spiro atoms. The van der Waals surface area contributed by atoms with Crippen LogP contribution in [0.3, 0.4) is 0 Å². The standard InChI is InChI=1S/C16H17BrN2O2/c17-13-5-3-4-12(10-13)11-19-16(20)8-9-21-15-7-2-1-6-14(15)18/h1-7,10H,8-9,11,18H2,(H,19,20). The maximum atomic E-state index is 11.7. The Morgan fingerprint density at radius 2 is 2.00 bits per heavy atom. The second-order valence-electron chi connectivity index (χ2n) is 4.54. The van der Waals surface area contributed by atoms with Crippen molar-refractivity contribution in [1.29, 1.82) is 0 Å². The number of benzene rings is 2. The maximum Gasteiger partial charge on any atom is 0.223 e. The highest BCUT2D eigenvalue weighted by molar-refractivity contribution is 9.10. The minimum absolute atomic E-state index is 0.0514. The lowest BCUT2D eigenvalue weighted by molar-refractivity contribution is -0.121. The number of halogens is 1. The summed E-state index contributed by atoms with van der Waals surface area (Å²) >= 11 is 3.40. The van der Waals surface area contributed by atoms with Crippen molar-refractivity contribution in [3.63, 3.8) is 0 Å². The van der Waals surface area contributed by atoms with Gasteiger partial charge in [0.2, 0.25) is 5.91 Å². The number of nitrogens with two attached hydrogens (primary N) is 1. The molecule has 2 aromatic carbocycles. The van der Waals surface area contributed by atoms with Crippen LogP contribution in [0.15, 0.2) is 53.0 Å². The van der Waals surface area contributed by atoms with Crippen LogP contribution in [0.5, 0.6) is 5.75 Å². The second-order valence-corrected chi connectivity index (χ2v) is 5.46. The van der Waals surface area contributed by atoms with Crippen LogP contribution in [0.1, 0.15) is 12.0 Å². The van der Waals surface area contributed by atoms with Gasteiger partial charge in [-0.25, -0.2) is 0 Å². The molecule has 110 valence electrons. The summed E-state index contributed by atoms with van der Waals surface area (Å²) in [5.41, 5.74) is 7.38. The van der Waals surface area contributed by atoms with Gasteiger partial charge in [0.1, 0.15) is 5.75 Å². The predicted octanol–water partition coefficient (Wildman–Crippen LogP) is 3.12. The first-order chi connectivity index (χ1) is 10.1. The van der Waals surface area contributed by atoms with Crippen LogP contribution in [-0.4, -0.2) is 12.5 Å². The third-order valence-electron chi connectivity index (χ3n) is 2.88. The molecule has 0 bridgehead atoms. The molecule has 3 N–H and O–H groups in total.